The number of nitrogens with zero attached hydrogens (tertiary/aromatic N) is 3. The maximum Gasteiger partial charge on any atom is 0.416 e. The van der Waals surface area contributed by atoms with Crippen LogP contribution in [-0.2, 0) is 6.18 Å². The van der Waals surface area contributed by atoms with Crippen molar-refractivity contribution in [2.24, 2.45) is 0 Å². The van der Waals surface area contributed by atoms with Crippen molar-refractivity contribution in [3.8, 4) is 22.4 Å². The molecule has 2 aromatic heterocycles. The van der Waals surface area contributed by atoms with Gasteiger partial charge in [-0.1, -0.05) is 12.1 Å². The van der Waals surface area contributed by atoms with Gasteiger partial charge in [0, 0.05) is 41.2 Å². The summed E-state index contributed by atoms with van der Waals surface area (Å²) in [5.74, 6) is 0.347. The number of benzene rings is 1. The molecule has 1 aliphatic carbocycles. The van der Waals surface area contributed by atoms with Gasteiger partial charge in [-0.15, -0.1) is 0 Å². The molecular formula is C23H25F3N4. The van der Waals surface area contributed by atoms with Crippen LogP contribution in [0.25, 0.3) is 22.4 Å². The summed E-state index contributed by atoms with van der Waals surface area (Å²) < 4.78 is 38.9. The maximum absolute atomic E-state index is 13.0. The van der Waals surface area contributed by atoms with E-state index in [4.69, 9.17) is 0 Å². The Morgan fingerprint density at radius 3 is 2.10 bits per heavy atom. The molecule has 1 fully saturated rings. The van der Waals surface area contributed by atoms with Crippen LogP contribution in [-0.4, -0.2) is 40.2 Å². The van der Waals surface area contributed by atoms with E-state index in [2.05, 4.69) is 34.2 Å². The van der Waals surface area contributed by atoms with Crippen LogP contribution in [0.1, 0.15) is 42.9 Å². The Balaban J connectivity index is 1.72. The monoisotopic (exact) mass is 414 g/mol. The summed E-state index contributed by atoms with van der Waals surface area (Å²) in [4.78, 5) is 6.39. The zero-order chi connectivity index (χ0) is 21.3. The standard InChI is InChI=1S/C23H25F3N4/c1-30(2)19-9-5-17(6-10-19)22-20(15-11-13-27-14-12-15)21(28-29-22)16-3-7-18(8-4-16)23(24,25)26/h3-4,7-8,11-14,17,19H,5-6,9-10H2,1-2H3,(H,28,29). The number of pyridine rings is 1. The highest BCUT2D eigenvalue weighted by Crippen LogP contribution is 2.42. The summed E-state index contributed by atoms with van der Waals surface area (Å²) in [6.45, 7) is 0. The average molecular weight is 414 g/mol. The number of aromatic nitrogens is 3. The second kappa shape index (κ2) is 8.22. The van der Waals surface area contributed by atoms with Gasteiger partial charge in [-0.25, -0.2) is 0 Å². The second-order valence-electron chi connectivity index (χ2n) is 8.14. The van der Waals surface area contributed by atoms with Gasteiger partial charge in [-0.3, -0.25) is 10.1 Å². The van der Waals surface area contributed by atoms with Gasteiger partial charge in [-0.05, 0) is 69.6 Å². The maximum atomic E-state index is 13.0. The predicted octanol–water partition coefficient (Wildman–Crippen LogP) is 5.75. The van der Waals surface area contributed by atoms with E-state index in [1.54, 1.807) is 12.4 Å². The third-order valence-electron chi connectivity index (χ3n) is 6.08. The second-order valence-corrected chi connectivity index (χ2v) is 8.14. The largest absolute Gasteiger partial charge is 0.416 e. The minimum Gasteiger partial charge on any atom is -0.306 e. The molecule has 4 nitrogen and oxygen atoms in total. The fraction of sp³-hybridized carbons (Fsp3) is 0.391. The van der Waals surface area contributed by atoms with E-state index in [-0.39, 0.29) is 0 Å². The van der Waals surface area contributed by atoms with Crippen LogP contribution in [0.5, 0.6) is 0 Å². The predicted molar refractivity (Wildman–Crippen MR) is 111 cm³/mol. The molecule has 0 spiro atoms. The van der Waals surface area contributed by atoms with Gasteiger partial charge in [0.15, 0.2) is 0 Å². The van der Waals surface area contributed by atoms with Crippen molar-refractivity contribution in [1.29, 1.82) is 0 Å². The fourth-order valence-corrected chi connectivity index (χ4v) is 4.37. The molecule has 1 aromatic carbocycles. The van der Waals surface area contributed by atoms with Gasteiger partial charge in [0.1, 0.15) is 5.69 Å². The normalized spacial score (nSPS) is 19.9. The van der Waals surface area contributed by atoms with E-state index in [1.807, 2.05) is 12.1 Å². The highest BCUT2D eigenvalue weighted by atomic mass is 19.4. The first-order chi connectivity index (χ1) is 14.3. The van der Waals surface area contributed by atoms with E-state index < -0.39 is 11.7 Å². The molecule has 158 valence electrons. The number of alkyl halides is 3. The van der Waals surface area contributed by atoms with Crippen LogP contribution in [0, 0.1) is 0 Å². The lowest BCUT2D eigenvalue weighted by Crippen LogP contribution is -2.31. The van der Waals surface area contributed by atoms with Crippen molar-refractivity contribution in [2.45, 2.75) is 43.8 Å². The van der Waals surface area contributed by atoms with Crippen LogP contribution in [0.15, 0.2) is 48.8 Å². The van der Waals surface area contributed by atoms with Gasteiger partial charge in [0.2, 0.25) is 0 Å². The molecule has 0 saturated heterocycles. The van der Waals surface area contributed by atoms with E-state index in [9.17, 15) is 13.2 Å². The molecule has 0 atom stereocenters. The zero-order valence-corrected chi connectivity index (χ0v) is 17.1. The Labute approximate surface area is 174 Å². The Bertz CT molecular complexity index is 970. The molecule has 2 heterocycles. The van der Waals surface area contributed by atoms with Crippen LogP contribution in [0.4, 0.5) is 13.2 Å². The molecule has 1 N–H and O–H groups in total. The van der Waals surface area contributed by atoms with Gasteiger partial charge in [0.25, 0.3) is 0 Å². The third kappa shape index (κ3) is 4.12. The lowest BCUT2D eigenvalue weighted by Gasteiger charge is -2.32. The van der Waals surface area contributed by atoms with Crippen LogP contribution in [0.3, 0.4) is 0 Å². The van der Waals surface area contributed by atoms with Crippen molar-refractivity contribution >= 4 is 0 Å². The van der Waals surface area contributed by atoms with Gasteiger partial charge < -0.3 is 4.90 Å². The number of halogens is 3. The molecule has 3 aromatic rings. The average Bonchev–Trinajstić information content (AvgIpc) is 3.19. The van der Waals surface area contributed by atoms with Crippen molar-refractivity contribution in [2.75, 3.05) is 14.1 Å². The van der Waals surface area contributed by atoms with E-state index in [1.165, 1.54) is 12.1 Å². The SMILES string of the molecule is CN(C)C1CCC(c2[nH]nc(-c3ccc(C(F)(F)F)cc3)c2-c2ccncc2)CC1. The summed E-state index contributed by atoms with van der Waals surface area (Å²) in [7, 11) is 4.23. The highest BCUT2D eigenvalue weighted by Gasteiger charge is 2.31. The van der Waals surface area contributed by atoms with Crippen molar-refractivity contribution < 1.29 is 13.2 Å². The molecule has 1 aliphatic rings. The topological polar surface area (TPSA) is 44.8 Å². The molecule has 30 heavy (non-hydrogen) atoms. The van der Waals surface area contributed by atoms with E-state index >= 15 is 0 Å². The van der Waals surface area contributed by atoms with E-state index in [0.717, 1.165) is 54.6 Å². The number of aromatic amines is 1. The number of nitrogens with one attached hydrogen (secondary N) is 1. The molecule has 0 amide bonds. The lowest BCUT2D eigenvalue weighted by molar-refractivity contribution is -0.137. The summed E-state index contributed by atoms with van der Waals surface area (Å²) >= 11 is 0. The Kier molecular flexibility index (Phi) is 5.64. The van der Waals surface area contributed by atoms with Crippen LogP contribution < -0.4 is 0 Å². The first-order valence-electron chi connectivity index (χ1n) is 10.2. The van der Waals surface area contributed by atoms with Crippen LogP contribution >= 0.6 is 0 Å². The fourth-order valence-electron chi connectivity index (χ4n) is 4.37. The van der Waals surface area contributed by atoms with Gasteiger partial charge in [0.05, 0.1) is 5.56 Å². The molecule has 0 bridgehead atoms. The van der Waals surface area contributed by atoms with E-state index in [0.29, 0.717) is 23.2 Å². The minimum atomic E-state index is -4.35. The summed E-state index contributed by atoms with van der Waals surface area (Å²) in [6.07, 6.45) is 3.43. The number of H-pyrrole nitrogens is 1. The van der Waals surface area contributed by atoms with Crippen molar-refractivity contribution in [1.82, 2.24) is 20.1 Å². The molecular weight excluding hydrogens is 389 g/mol. The number of hydrogen-bond donors (Lipinski definition) is 1. The molecule has 1 saturated carbocycles. The van der Waals surface area contributed by atoms with Gasteiger partial charge in [-0.2, -0.15) is 18.3 Å². The molecule has 0 radical (unpaired) electrons. The summed E-state index contributed by atoms with van der Waals surface area (Å²) in [5, 5.41) is 7.77. The molecule has 7 heteroatoms. The Hall–Kier alpha value is -2.67. The van der Waals surface area contributed by atoms with Crippen molar-refractivity contribution in [3.05, 3.63) is 60.0 Å². The lowest BCUT2D eigenvalue weighted by atomic mass is 9.81. The number of hydrogen-bond acceptors (Lipinski definition) is 3. The smallest absolute Gasteiger partial charge is 0.306 e. The zero-order valence-electron chi connectivity index (χ0n) is 17.1. The quantitative estimate of drug-likeness (QED) is 0.592. The van der Waals surface area contributed by atoms with Gasteiger partial charge >= 0.3 is 6.18 Å². The molecule has 0 unspecified atom stereocenters. The summed E-state index contributed by atoms with van der Waals surface area (Å²) in [6, 6.07) is 9.65. The van der Waals surface area contributed by atoms with Crippen LogP contribution in [0.2, 0.25) is 0 Å². The third-order valence-corrected chi connectivity index (χ3v) is 6.08. The molecule has 0 aliphatic heterocycles. The Morgan fingerprint density at radius 2 is 1.53 bits per heavy atom. The molecule has 4 rings (SSSR count). The summed E-state index contributed by atoms with van der Waals surface area (Å²) in [5.41, 5.74) is 3.69. The Morgan fingerprint density at radius 1 is 0.900 bits per heavy atom. The highest BCUT2D eigenvalue weighted by molar-refractivity contribution is 5.83. The van der Waals surface area contributed by atoms with Crippen molar-refractivity contribution in [3.63, 3.8) is 0 Å². The minimum absolute atomic E-state index is 0.347. The first kappa shape index (κ1) is 20.6. The number of rotatable bonds is 4. The first-order valence-corrected chi connectivity index (χ1v) is 10.2.